The molecule has 2 rings (SSSR count). The molecular weight excluding hydrogens is 387 g/mol. The van der Waals surface area contributed by atoms with Crippen LogP contribution in [0.5, 0.6) is 5.75 Å². The number of hydrazine groups is 1. The van der Waals surface area contributed by atoms with Crippen molar-refractivity contribution in [3.63, 3.8) is 0 Å². The Morgan fingerprint density at radius 3 is 2.70 bits per heavy atom. The van der Waals surface area contributed by atoms with Crippen LogP contribution in [-0.2, 0) is 0 Å². The fourth-order valence-corrected chi connectivity index (χ4v) is 2.92. The van der Waals surface area contributed by atoms with Crippen molar-refractivity contribution in [1.82, 2.24) is 5.43 Å². The highest BCUT2D eigenvalue weighted by molar-refractivity contribution is 14.1. The number of rotatable bonds is 5. The number of para-hydroxylation sites is 1. The molecule has 0 saturated heterocycles. The summed E-state index contributed by atoms with van der Waals surface area (Å²) in [5.74, 6) is 6.60. The van der Waals surface area contributed by atoms with Gasteiger partial charge in [0.15, 0.2) is 0 Å². The van der Waals surface area contributed by atoms with E-state index in [1.165, 1.54) is 0 Å². The van der Waals surface area contributed by atoms with Gasteiger partial charge in [-0.25, -0.2) is 5.43 Å². The summed E-state index contributed by atoms with van der Waals surface area (Å²) in [5.41, 5.74) is 4.89. The van der Waals surface area contributed by atoms with Gasteiger partial charge in [-0.15, -0.1) is 0 Å². The molecule has 3 nitrogen and oxygen atoms in total. The average molecular weight is 403 g/mol. The van der Waals surface area contributed by atoms with E-state index < -0.39 is 0 Å². The lowest BCUT2D eigenvalue weighted by molar-refractivity contribution is 0.333. The average Bonchev–Trinajstić information content (AvgIpc) is 2.45. The van der Waals surface area contributed by atoms with Crippen molar-refractivity contribution in [2.24, 2.45) is 5.84 Å². The van der Waals surface area contributed by atoms with Crippen molar-refractivity contribution in [1.29, 1.82) is 0 Å². The molecule has 0 aliphatic carbocycles. The smallest absolute Gasteiger partial charge is 0.124 e. The second-order valence-electron chi connectivity index (χ2n) is 4.24. The van der Waals surface area contributed by atoms with Crippen LogP contribution < -0.4 is 16.0 Å². The van der Waals surface area contributed by atoms with Crippen LogP contribution in [0.1, 0.15) is 24.1 Å². The highest BCUT2D eigenvalue weighted by Gasteiger charge is 2.19. The maximum Gasteiger partial charge on any atom is 0.124 e. The van der Waals surface area contributed by atoms with E-state index in [1.54, 1.807) is 0 Å². The molecule has 0 amide bonds. The van der Waals surface area contributed by atoms with Gasteiger partial charge < -0.3 is 4.74 Å². The molecule has 1 unspecified atom stereocenters. The quantitative estimate of drug-likeness (QED) is 0.453. The Labute approximate surface area is 137 Å². The van der Waals surface area contributed by atoms with Crippen molar-refractivity contribution in [2.45, 2.75) is 13.0 Å². The summed E-state index contributed by atoms with van der Waals surface area (Å²) in [6.45, 7) is 2.58. The Balaban J connectivity index is 2.49. The second-order valence-corrected chi connectivity index (χ2v) is 5.83. The summed E-state index contributed by atoms with van der Waals surface area (Å²) in [6, 6.07) is 13.5. The minimum Gasteiger partial charge on any atom is -0.494 e. The first-order valence-electron chi connectivity index (χ1n) is 6.30. The number of benzene rings is 2. The fourth-order valence-electron chi connectivity index (χ4n) is 2.09. The maximum absolute atomic E-state index is 6.10. The minimum absolute atomic E-state index is 0.164. The Hall–Kier alpha value is -0.820. The van der Waals surface area contributed by atoms with Gasteiger partial charge in [-0.3, -0.25) is 5.84 Å². The van der Waals surface area contributed by atoms with Crippen molar-refractivity contribution in [3.8, 4) is 5.75 Å². The first kappa shape index (κ1) is 15.6. The second kappa shape index (κ2) is 7.26. The van der Waals surface area contributed by atoms with Crippen molar-refractivity contribution >= 4 is 34.2 Å². The van der Waals surface area contributed by atoms with Crippen LogP contribution in [0.3, 0.4) is 0 Å². The van der Waals surface area contributed by atoms with Crippen LogP contribution in [0, 0.1) is 3.57 Å². The predicted molar refractivity (Wildman–Crippen MR) is 90.9 cm³/mol. The third-order valence-electron chi connectivity index (χ3n) is 2.97. The standard InChI is InChI=1S/C15H16ClIN2O/c1-2-20-14-6-4-3-5-11(14)15(19-18)12-9-10(16)7-8-13(12)17/h3-9,15,19H,2,18H2,1H3. The van der Waals surface area contributed by atoms with E-state index in [1.807, 2.05) is 49.4 Å². The molecule has 0 radical (unpaired) electrons. The molecular formula is C15H16ClIN2O. The first-order valence-corrected chi connectivity index (χ1v) is 7.75. The van der Waals surface area contributed by atoms with Crippen LogP contribution >= 0.6 is 34.2 Å². The molecule has 0 bridgehead atoms. The molecule has 0 spiro atoms. The molecule has 0 aromatic heterocycles. The van der Waals surface area contributed by atoms with E-state index in [2.05, 4.69) is 28.0 Å². The summed E-state index contributed by atoms with van der Waals surface area (Å²) < 4.78 is 6.78. The maximum atomic E-state index is 6.10. The van der Waals surface area contributed by atoms with Crippen LogP contribution in [-0.4, -0.2) is 6.61 Å². The topological polar surface area (TPSA) is 47.3 Å². The monoisotopic (exact) mass is 402 g/mol. The van der Waals surface area contributed by atoms with Crippen LogP contribution in [0.25, 0.3) is 0 Å². The van der Waals surface area contributed by atoms with E-state index in [4.69, 9.17) is 22.2 Å². The van der Waals surface area contributed by atoms with Gasteiger partial charge in [-0.1, -0.05) is 29.8 Å². The van der Waals surface area contributed by atoms with Gasteiger partial charge >= 0.3 is 0 Å². The fraction of sp³-hybridized carbons (Fsp3) is 0.200. The number of nitrogens with one attached hydrogen (secondary N) is 1. The van der Waals surface area contributed by atoms with Gasteiger partial charge in [-0.05, 0) is 59.3 Å². The molecule has 1 atom stereocenters. The highest BCUT2D eigenvalue weighted by atomic mass is 127. The van der Waals surface area contributed by atoms with Crippen LogP contribution in [0.2, 0.25) is 5.02 Å². The molecule has 0 aliphatic rings. The first-order chi connectivity index (χ1) is 9.67. The van der Waals surface area contributed by atoms with Crippen molar-refractivity contribution < 1.29 is 4.74 Å². The van der Waals surface area contributed by atoms with E-state index in [9.17, 15) is 0 Å². The lowest BCUT2D eigenvalue weighted by Gasteiger charge is -2.21. The summed E-state index contributed by atoms with van der Waals surface area (Å²) in [7, 11) is 0. The van der Waals surface area contributed by atoms with E-state index in [0.29, 0.717) is 11.6 Å². The van der Waals surface area contributed by atoms with Crippen molar-refractivity contribution in [2.75, 3.05) is 6.61 Å². The third kappa shape index (κ3) is 3.44. The van der Waals surface area contributed by atoms with Crippen molar-refractivity contribution in [3.05, 3.63) is 62.2 Å². The molecule has 0 fully saturated rings. The molecule has 0 heterocycles. The molecule has 2 aromatic rings. The van der Waals surface area contributed by atoms with E-state index in [0.717, 1.165) is 20.4 Å². The van der Waals surface area contributed by atoms with Gasteiger partial charge in [0.05, 0.1) is 12.6 Å². The van der Waals surface area contributed by atoms with E-state index >= 15 is 0 Å². The van der Waals surface area contributed by atoms with Crippen LogP contribution in [0.4, 0.5) is 0 Å². The number of nitrogens with two attached hydrogens (primary N) is 1. The van der Waals surface area contributed by atoms with Crippen LogP contribution in [0.15, 0.2) is 42.5 Å². The molecule has 2 aromatic carbocycles. The zero-order valence-electron chi connectivity index (χ0n) is 11.1. The Bertz CT molecular complexity index is 592. The summed E-state index contributed by atoms with van der Waals surface area (Å²) in [4.78, 5) is 0. The van der Waals surface area contributed by atoms with Gasteiger partial charge in [0.25, 0.3) is 0 Å². The molecule has 5 heteroatoms. The van der Waals surface area contributed by atoms with Gasteiger partial charge in [0.1, 0.15) is 5.75 Å². The largest absolute Gasteiger partial charge is 0.494 e. The van der Waals surface area contributed by atoms with Gasteiger partial charge in [0, 0.05) is 14.2 Å². The zero-order chi connectivity index (χ0) is 14.5. The zero-order valence-corrected chi connectivity index (χ0v) is 14.0. The predicted octanol–water partition coefficient (Wildman–Crippen LogP) is 3.90. The third-order valence-corrected chi connectivity index (χ3v) is 4.18. The lowest BCUT2D eigenvalue weighted by Crippen LogP contribution is -2.29. The molecule has 106 valence electrons. The minimum atomic E-state index is -0.164. The Kier molecular flexibility index (Phi) is 5.65. The highest BCUT2D eigenvalue weighted by Crippen LogP contribution is 2.33. The summed E-state index contributed by atoms with van der Waals surface area (Å²) in [6.07, 6.45) is 0. The molecule has 0 aliphatic heterocycles. The Morgan fingerprint density at radius 1 is 1.25 bits per heavy atom. The summed E-state index contributed by atoms with van der Waals surface area (Å²) >= 11 is 8.38. The SMILES string of the molecule is CCOc1ccccc1C(NN)c1cc(Cl)ccc1I. The van der Waals surface area contributed by atoms with Gasteiger partial charge in [0.2, 0.25) is 0 Å². The lowest BCUT2D eigenvalue weighted by atomic mass is 9.98. The summed E-state index contributed by atoms with van der Waals surface area (Å²) in [5, 5.41) is 0.689. The normalized spacial score (nSPS) is 12.2. The van der Waals surface area contributed by atoms with E-state index in [-0.39, 0.29) is 6.04 Å². The molecule has 20 heavy (non-hydrogen) atoms. The molecule has 0 saturated carbocycles. The number of hydrogen-bond donors (Lipinski definition) is 2. The number of hydrogen-bond acceptors (Lipinski definition) is 3. The number of ether oxygens (including phenoxy) is 1. The number of halogens is 2. The Morgan fingerprint density at radius 2 is 2.00 bits per heavy atom. The molecule has 3 N–H and O–H groups in total. The van der Waals surface area contributed by atoms with Gasteiger partial charge in [-0.2, -0.15) is 0 Å².